The number of rotatable bonds is 5. The van der Waals surface area contributed by atoms with Crippen LogP contribution in [0.2, 0.25) is 0 Å². The SMILES string of the molecule is OC(c1ccccc1)(c1ccccc1)C12CC[N+](Cc3cccc(Br)c3)(CC1)CC2.[Br-]. The third-order valence-corrected chi connectivity index (χ3v) is 8.24. The third-order valence-electron chi connectivity index (χ3n) is 7.75. The number of halogens is 2. The maximum absolute atomic E-state index is 12.5. The Morgan fingerprint density at radius 1 is 0.774 bits per heavy atom. The number of fused-ring (bicyclic) bond motifs is 3. The largest absolute Gasteiger partial charge is 1.00 e. The van der Waals surface area contributed by atoms with Crippen molar-refractivity contribution in [3.8, 4) is 0 Å². The van der Waals surface area contributed by atoms with Crippen molar-refractivity contribution in [1.29, 1.82) is 0 Å². The van der Waals surface area contributed by atoms with Crippen LogP contribution in [0.25, 0.3) is 0 Å². The summed E-state index contributed by atoms with van der Waals surface area (Å²) < 4.78 is 2.31. The highest BCUT2D eigenvalue weighted by Gasteiger charge is 2.60. The van der Waals surface area contributed by atoms with Crippen LogP contribution in [0.1, 0.15) is 36.0 Å². The summed E-state index contributed by atoms with van der Waals surface area (Å²) in [6.45, 7) is 4.49. The molecule has 0 saturated carbocycles. The molecule has 0 spiro atoms. The molecule has 3 aliphatic heterocycles. The number of nitrogens with zero attached hydrogens (tertiary/aromatic N) is 1. The van der Waals surface area contributed by atoms with Gasteiger partial charge in [0.25, 0.3) is 0 Å². The molecule has 0 aromatic heterocycles. The molecule has 3 heterocycles. The number of piperidine rings is 3. The number of hydrogen-bond donors (Lipinski definition) is 1. The minimum absolute atomic E-state index is 0. The summed E-state index contributed by atoms with van der Waals surface area (Å²) >= 11 is 3.62. The lowest BCUT2D eigenvalue weighted by Gasteiger charge is -2.60. The molecule has 2 nitrogen and oxygen atoms in total. The minimum atomic E-state index is -0.943. The topological polar surface area (TPSA) is 20.2 Å². The summed E-state index contributed by atoms with van der Waals surface area (Å²) in [5, 5.41) is 12.5. The van der Waals surface area contributed by atoms with Crippen LogP contribution in [-0.4, -0.2) is 29.2 Å². The average molecular weight is 543 g/mol. The summed E-state index contributed by atoms with van der Waals surface area (Å²) in [4.78, 5) is 0. The van der Waals surface area contributed by atoms with Gasteiger partial charge in [-0.1, -0.05) is 88.7 Å². The van der Waals surface area contributed by atoms with Crippen LogP contribution in [0.3, 0.4) is 0 Å². The smallest absolute Gasteiger partial charge is 0.121 e. The zero-order chi connectivity index (χ0) is 20.7. The second-order valence-corrected chi connectivity index (χ2v) is 10.2. The molecule has 162 valence electrons. The molecule has 3 aromatic rings. The van der Waals surface area contributed by atoms with E-state index in [1.54, 1.807) is 0 Å². The molecular formula is C27H29Br2NO. The van der Waals surface area contributed by atoms with Crippen molar-refractivity contribution in [2.75, 3.05) is 19.6 Å². The van der Waals surface area contributed by atoms with Gasteiger partial charge in [0, 0.05) is 34.7 Å². The summed E-state index contributed by atoms with van der Waals surface area (Å²) in [7, 11) is 0. The fourth-order valence-electron chi connectivity index (χ4n) is 6.00. The molecule has 0 radical (unpaired) electrons. The van der Waals surface area contributed by atoms with Crippen molar-refractivity contribution in [3.05, 3.63) is 106 Å². The van der Waals surface area contributed by atoms with Gasteiger partial charge >= 0.3 is 0 Å². The van der Waals surface area contributed by atoms with E-state index in [2.05, 4.69) is 88.7 Å². The van der Waals surface area contributed by atoms with Crippen molar-refractivity contribution >= 4 is 15.9 Å². The normalized spacial score (nSPS) is 25.1. The van der Waals surface area contributed by atoms with Gasteiger partial charge in [-0.3, -0.25) is 0 Å². The number of hydrogen-bond acceptors (Lipinski definition) is 1. The summed E-state index contributed by atoms with van der Waals surface area (Å²) in [5.74, 6) is 0. The Balaban J connectivity index is 0.00000231. The molecule has 0 atom stereocenters. The van der Waals surface area contributed by atoms with Crippen LogP contribution < -0.4 is 17.0 Å². The van der Waals surface area contributed by atoms with Gasteiger partial charge in [0.1, 0.15) is 12.1 Å². The summed E-state index contributed by atoms with van der Waals surface area (Å²) in [6.07, 6.45) is 3.17. The predicted molar refractivity (Wildman–Crippen MR) is 125 cm³/mol. The molecule has 0 aliphatic carbocycles. The molecule has 1 N–H and O–H groups in total. The molecule has 6 rings (SSSR count). The first-order valence-corrected chi connectivity index (χ1v) is 11.8. The molecule has 3 aliphatic rings. The highest BCUT2D eigenvalue weighted by Crippen LogP contribution is 2.57. The lowest BCUT2D eigenvalue weighted by Crippen LogP contribution is -3.00. The van der Waals surface area contributed by atoms with Crippen LogP contribution in [0.4, 0.5) is 0 Å². The van der Waals surface area contributed by atoms with Gasteiger partial charge in [0.15, 0.2) is 0 Å². The van der Waals surface area contributed by atoms with Gasteiger partial charge in [0.2, 0.25) is 0 Å². The van der Waals surface area contributed by atoms with Gasteiger partial charge in [0.05, 0.1) is 19.6 Å². The third kappa shape index (κ3) is 3.93. The zero-order valence-electron chi connectivity index (χ0n) is 17.7. The standard InChI is InChI=1S/C27H29BrNO.BrH/c28-25-13-7-8-22(20-25)21-29-17-14-26(15-18-29,16-19-29)27(30,23-9-3-1-4-10-23)24-11-5-2-6-12-24;/h1-13,20,30H,14-19,21H2;1H/q+1;/p-1. The Morgan fingerprint density at radius 3 is 1.77 bits per heavy atom. The molecular weight excluding hydrogens is 514 g/mol. The maximum Gasteiger partial charge on any atom is 0.121 e. The molecule has 2 bridgehead atoms. The zero-order valence-corrected chi connectivity index (χ0v) is 20.9. The monoisotopic (exact) mass is 541 g/mol. The lowest BCUT2D eigenvalue weighted by atomic mass is 9.56. The van der Waals surface area contributed by atoms with Crippen LogP contribution >= 0.6 is 15.9 Å². The first kappa shape index (κ1) is 22.7. The van der Waals surface area contributed by atoms with Crippen LogP contribution in [-0.2, 0) is 12.1 Å². The van der Waals surface area contributed by atoms with E-state index < -0.39 is 5.60 Å². The Kier molecular flexibility index (Phi) is 6.47. The predicted octanol–water partition coefficient (Wildman–Crippen LogP) is 2.89. The molecule has 31 heavy (non-hydrogen) atoms. The number of aliphatic hydroxyl groups is 1. The van der Waals surface area contributed by atoms with Crippen molar-refractivity contribution in [2.24, 2.45) is 5.41 Å². The van der Waals surface area contributed by atoms with Crippen molar-refractivity contribution in [2.45, 2.75) is 31.4 Å². The molecule has 3 saturated heterocycles. The second-order valence-electron chi connectivity index (χ2n) is 9.27. The Morgan fingerprint density at radius 2 is 1.29 bits per heavy atom. The fourth-order valence-corrected chi connectivity index (χ4v) is 6.45. The first-order chi connectivity index (χ1) is 14.6. The van der Waals surface area contributed by atoms with Crippen molar-refractivity contribution in [3.63, 3.8) is 0 Å². The Bertz CT molecular complexity index is 958. The molecule has 0 amide bonds. The van der Waals surface area contributed by atoms with Crippen molar-refractivity contribution < 1.29 is 26.6 Å². The maximum atomic E-state index is 12.5. The summed E-state index contributed by atoms with van der Waals surface area (Å²) in [6, 6.07) is 29.5. The van der Waals surface area contributed by atoms with Gasteiger partial charge in [-0.15, -0.1) is 0 Å². The number of benzene rings is 3. The quantitative estimate of drug-likeness (QED) is 0.492. The van der Waals surface area contributed by atoms with E-state index in [4.69, 9.17) is 0 Å². The van der Waals surface area contributed by atoms with Crippen LogP contribution in [0.15, 0.2) is 89.4 Å². The average Bonchev–Trinajstić information content (AvgIpc) is 2.81. The highest BCUT2D eigenvalue weighted by atomic mass is 79.9. The Labute approximate surface area is 204 Å². The second kappa shape index (κ2) is 8.82. The molecule has 3 fully saturated rings. The van der Waals surface area contributed by atoms with E-state index in [0.29, 0.717) is 0 Å². The Hall–Kier alpha value is -1.46. The molecule has 3 aromatic carbocycles. The van der Waals surface area contributed by atoms with Gasteiger partial charge in [-0.2, -0.15) is 0 Å². The molecule has 4 heteroatoms. The molecule has 0 unspecified atom stereocenters. The van der Waals surface area contributed by atoms with Gasteiger partial charge in [-0.05, 0) is 23.3 Å². The number of quaternary nitrogens is 1. The van der Waals surface area contributed by atoms with Gasteiger partial charge in [-0.25, -0.2) is 0 Å². The van der Waals surface area contributed by atoms with E-state index in [9.17, 15) is 5.11 Å². The minimum Gasteiger partial charge on any atom is -1.00 e. The van der Waals surface area contributed by atoms with E-state index in [1.807, 2.05) is 12.1 Å². The summed E-state index contributed by atoms with van der Waals surface area (Å²) in [5.41, 5.74) is 2.42. The van der Waals surface area contributed by atoms with Gasteiger partial charge < -0.3 is 26.6 Å². The van der Waals surface area contributed by atoms with E-state index in [-0.39, 0.29) is 22.4 Å². The lowest BCUT2D eigenvalue weighted by molar-refractivity contribution is -0.958. The van der Waals surface area contributed by atoms with E-state index in [1.165, 1.54) is 5.56 Å². The van der Waals surface area contributed by atoms with Crippen LogP contribution in [0.5, 0.6) is 0 Å². The van der Waals surface area contributed by atoms with Crippen molar-refractivity contribution in [1.82, 2.24) is 0 Å². The van der Waals surface area contributed by atoms with E-state index >= 15 is 0 Å². The van der Waals surface area contributed by atoms with Crippen LogP contribution in [0, 0.1) is 5.41 Å². The highest BCUT2D eigenvalue weighted by molar-refractivity contribution is 9.10. The van der Waals surface area contributed by atoms with E-state index in [0.717, 1.165) is 65.5 Å². The fraction of sp³-hybridized carbons (Fsp3) is 0.333. The first-order valence-electron chi connectivity index (χ1n) is 11.0.